The molecule has 1 aliphatic heterocycles. The molecule has 2 N–H and O–H groups in total. The third-order valence-corrected chi connectivity index (χ3v) is 5.33. The number of hydrogen-bond donors (Lipinski definition) is 2. The number of nitrogens with one attached hydrogen (secondary N) is 2. The predicted molar refractivity (Wildman–Crippen MR) is 106 cm³/mol. The van der Waals surface area contributed by atoms with Gasteiger partial charge in [0, 0.05) is 42.6 Å². The number of amides is 2. The van der Waals surface area contributed by atoms with Crippen molar-refractivity contribution >= 4 is 22.7 Å². The molecule has 0 radical (unpaired) electrons. The summed E-state index contributed by atoms with van der Waals surface area (Å²) in [5, 5.41) is 3.05. The van der Waals surface area contributed by atoms with Crippen LogP contribution in [0.3, 0.4) is 0 Å². The monoisotopic (exact) mass is 378 g/mol. The van der Waals surface area contributed by atoms with Crippen molar-refractivity contribution in [1.29, 1.82) is 0 Å². The van der Waals surface area contributed by atoms with E-state index in [2.05, 4.69) is 10.3 Å². The maximum Gasteiger partial charge on any atom is 0.257 e. The van der Waals surface area contributed by atoms with Crippen LogP contribution in [0.2, 0.25) is 0 Å². The molecular formula is C21H22N4O3. The molecule has 1 atom stereocenters. The number of H-pyrrole nitrogens is 1. The van der Waals surface area contributed by atoms with Gasteiger partial charge in [0.1, 0.15) is 5.56 Å². The minimum Gasteiger partial charge on any atom is -0.360 e. The number of carbonyl (C=O) groups is 2. The second kappa shape index (κ2) is 7.34. The van der Waals surface area contributed by atoms with Crippen molar-refractivity contribution in [2.24, 2.45) is 7.05 Å². The Kier molecular flexibility index (Phi) is 4.73. The number of likely N-dealkylation sites (tertiary alicyclic amines) is 1. The molecule has 1 aliphatic rings. The first-order valence-electron chi connectivity index (χ1n) is 9.35. The molecule has 2 aromatic heterocycles. The molecule has 1 fully saturated rings. The number of aromatic nitrogens is 2. The number of para-hydroxylation sites is 1. The second-order valence-corrected chi connectivity index (χ2v) is 7.05. The summed E-state index contributed by atoms with van der Waals surface area (Å²) in [5.74, 6) is -0.691. The van der Waals surface area contributed by atoms with E-state index < -0.39 is 5.91 Å². The van der Waals surface area contributed by atoms with E-state index in [4.69, 9.17) is 0 Å². The molecule has 1 unspecified atom stereocenters. The molecule has 7 heteroatoms. The fraction of sp³-hybridized carbons (Fsp3) is 0.286. The molecule has 1 saturated heterocycles. The molecule has 0 spiro atoms. The molecule has 1 aromatic carbocycles. The first kappa shape index (κ1) is 18.0. The fourth-order valence-electron chi connectivity index (χ4n) is 3.88. The van der Waals surface area contributed by atoms with Crippen molar-refractivity contribution in [3.05, 3.63) is 70.3 Å². The zero-order valence-corrected chi connectivity index (χ0v) is 15.6. The molecule has 0 saturated carbocycles. The third-order valence-electron chi connectivity index (χ3n) is 5.33. The van der Waals surface area contributed by atoms with Gasteiger partial charge in [-0.05, 0) is 37.1 Å². The maximum absolute atomic E-state index is 12.7. The van der Waals surface area contributed by atoms with Crippen molar-refractivity contribution < 1.29 is 9.59 Å². The van der Waals surface area contributed by atoms with Crippen molar-refractivity contribution in [2.45, 2.75) is 18.9 Å². The number of hydrogen-bond acceptors (Lipinski definition) is 3. The van der Waals surface area contributed by atoms with E-state index in [9.17, 15) is 14.4 Å². The number of nitrogens with zero attached hydrogens (tertiary/aromatic N) is 2. The zero-order valence-electron chi connectivity index (χ0n) is 15.6. The number of pyridine rings is 1. The van der Waals surface area contributed by atoms with E-state index in [1.54, 1.807) is 23.1 Å². The van der Waals surface area contributed by atoms with Gasteiger partial charge in [-0.3, -0.25) is 14.4 Å². The van der Waals surface area contributed by atoms with Gasteiger partial charge in [0.05, 0.1) is 12.6 Å². The lowest BCUT2D eigenvalue weighted by Gasteiger charge is -2.25. The molecule has 3 heterocycles. The summed E-state index contributed by atoms with van der Waals surface area (Å²) in [7, 11) is 1.96. The molecular weight excluding hydrogens is 356 g/mol. The predicted octanol–water partition coefficient (Wildman–Crippen LogP) is 1.96. The van der Waals surface area contributed by atoms with Crippen LogP contribution in [0.25, 0.3) is 10.9 Å². The van der Waals surface area contributed by atoms with Crippen LogP contribution in [0.5, 0.6) is 0 Å². The highest BCUT2D eigenvalue weighted by molar-refractivity contribution is 5.98. The van der Waals surface area contributed by atoms with Crippen molar-refractivity contribution in [3.8, 4) is 0 Å². The van der Waals surface area contributed by atoms with Crippen LogP contribution in [0, 0.1) is 0 Å². The van der Waals surface area contributed by atoms with Crippen molar-refractivity contribution in [1.82, 2.24) is 19.8 Å². The number of fused-ring (bicyclic) bond motifs is 1. The summed E-state index contributed by atoms with van der Waals surface area (Å²) < 4.78 is 2.02. The first-order chi connectivity index (χ1) is 13.6. The summed E-state index contributed by atoms with van der Waals surface area (Å²) in [5.41, 5.74) is 1.42. The van der Waals surface area contributed by atoms with Gasteiger partial charge in [-0.25, -0.2) is 0 Å². The number of carbonyl (C=O) groups excluding carboxylic acids is 2. The van der Waals surface area contributed by atoms with Crippen LogP contribution in [-0.4, -0.2) is 39.4 Å². The van der Waals surface area contributed by atoms with Crippen LogP contribution < -0.4 is 10.7 Å². The second-order valence-electron chi connectivity index (χ2n) is 7.05. The Hall–Kier alpha value is -3.35. The molecule has 28 heavy (non-hydrogen) atoms. The van der Waals surface area contributed by atoms with E-state index in [0.29, 0.717) is 17.4 Å². The fourth-order valence-corrected chi connectivity index (χ4v) is 3.88. The Balaban J connectivity index is 1.46. The largest absolute Gasteiger partial charge is 0.360 e. The lowest BCUT2D eigenvalue weighted by molar-refractivity contribution is -0.131. The summed E-state index contributed by atoms with van der Waals surface area (Å²) in [6.07, 6.45) is 5.19. The molecule has 0 aliphatic carbocycles. The Labute approximate surface area is 162 Å². The number of aromatic amines is 1. The average molecular weight is 378 g/mol. The zero-order chi connectivity index (χ0) is 19.7. The minimum atomic E-state index is -0.546. The topological polar surface area (TPSA) is 87.2 Å². The van der Waals surface area contributed by atoms with Crippen molar-refractivity contribution in [2.75, 3.05) is 13.1 Å². The molecule has 0 bridgehead atoms. The lowest BCUT2D eigenvalue weighted by atomic mass is 10.1. The molecule has 7 nitrogen and oxygen atoms in total. The van der Waals surface area contributed by atoms with Gasteiger partial charge in [0.2, 0.25) is 11.3 Å². The van der Waals surface area contributed by atoms with Gasteiger partial charge >= 0.3 is 0 Å². The van der Waals surface area contributed by atoms with Gasteiger partial charge in [-0.2, -0.15) is 0 Å². The van der Waals surface area contributed by atoms with E-state index >= 15 is 0 Å². The lowest BCUT2D eigenvalue weighted by Crippen LogP contribution is -2.41. The number of benzene rings is 1. The highest BCUT2D eigenvalue weighted by Gasteiger charge is 2.31. The Bertz CT molecular complexity index is 1100. The standard InChI is InChI=1S/C21H22N4O3/c1-24-10-4-8-17(24)18-9-5-11-25(18)19(26)13-23-21(28)15-12-22-16-7-3-2-6-14(16)20(15)27/h2-4,6-8,10,12,18H,5,9,11,13H2,1H3,(H,22,27)(H,23,28). The molecule has 2 amide bonds. The summed E-state index contributed by atoms with van der Waals surface area (Å²) in [4.78, 5) is 42.5. The van der Waals surface area contributed by atoms with Gasteiger partial charge in [-0.15, -0.1) is 0 Å². The Morgan fingerprint density at radius 1 is 1.21 bits per heavy atom. The smallest absolute Gasteiger partial charge is 0.257 e. The molecule has 144 valence electrons. The van der Waals surface area contributed by atoms with Crippen LogP contribution in [0.15, 0.2) is 53.6 Å². The van der Waals surface area contributed by atoms with Crippen LogP contribution >= 0.6 is 0 Å². The van der Waals surface area contributed by atoms with E-state index in [1.807, 2.05) is 36.0 Å². The Morgan fingerprint density at radius 2 is 2.04 bits per heavy atom. The highest BCUT2D eigenvalue weighted by atomic mass is 16.2. The summed E-state index contributed by atoms with van der Waals surface area (Å²) in [6, 6.07) is 11.0. The van der Waals surface area contributed by atoms with E-state index in [1.165, 1.54) is 6.20 Å². The van der Waals surface area contributed by atoms with E-state index in [0.717, 1.165) is 18.5 Å². The third kappa shape index (κ3) is 3.19. The quantitative estimate of drug-likeness (QED) is 0.728. The van der Waals surface area contributed by atoms with Gasteiger partial charge in [-0.1, -0.05) is 12.1 Å². The molecule has 3 aromatic rings. The number of aryl methyl sites for hydroxylation is 1. The SMILES string of the molecule is Cn1cccc1C1CCCN1C(=O)CNC(=O)c1c[nH]c2ccccc2c1=O. The highest BCUT2D eigenvalue weighted by Crippen LogP contribution is 2.31. The molecule has 4 rings (SSSR count). The van der Waals surface area contributed by atoms with Gasteiger partial charge in [0.15, 0.2) is 0 Å². The normalized spacial score (nSPS) is 16.5. The van der Waals surface area contributed by atoms with Crippen molar-refractivity contribution in [3.63, 3.8) is 0 Å². The average Bonchev–Trinajstić information content (AvgIpc) is 3.35. The Morgan fingerprint density at radius 3 is 2.82 bits per heavy atom. The maximum atomic E-state index is 12.7. The van der Waals surface area contributed by atoms with E-state index in [-0.39, 0.29) is 29.5 Å². The number of rotatable bonds is 4. The van der Waals surface area contributed by atoms with Crippen LogP contribution in [-0.2, 0) is 11.8 Å². The van der Waals surface area contributed by atoms with Crippen LogP contribution in [0.1, 0.15) is 34.9 Å². The van der Waals surface area contributed by atoms with Crippen LogP contribution in [0.4, 0.5) is 0 Å². The van der Waals surface area contributed by atoms with Gasteiger partial charge < -0.3 is 19.8 Å². The summed E-state index contributed by atoms with van der Waals surface area (Å²) >= 11 is 0. The van der Waals surface area contributed by atoms with Gasteiger partial charge in [0.25, 0.3) is 5.91 Å². The summed E-state index contributed by atoms with van der Waals surface area (Å²) in [6.45, 7) is 0.535. The first-order valence-corrected chi connectivity index (χ1v) is 9.35. The minimum absolute atomic E-state index is 0.00639.